The Labute approximate surface area is 183 Å². The molecule has 0 aliphatic carbocycles. The van der Waals surface area contributed by atoms with Crippen LogP contribution in [0.25, 0.3) is 34.0 Å². The Morgan fingerprint density at radius 3 is 2.68 bits per heavy atom. The lowest BCUT2D eigenvalue weighted by Crippen LogP contribution is -2.05. The van der Waals surface area contributed by atoms with Crippen molar-refractivity contribution in [2.24, 2.45) is 0 Å². The fourth-order valence-electron chi connectivity index (χ4n) is 3.87. The summed E-state index contributed by atoms with van der Waals surface area (Å²) in [6.45, 7) is 10.6. The zero-order valence-electron chi connectivity index (χ0n) is 18.4. The molecule has 4 heteroatoms. The van der Waals surface area contributed by atoms with Crippen LogP contribution < -0.4 is 0 Å². The van der Waals surface area contributed by atoms with Crippen LogP contribution in [0.15, 0.2) is 91.8 Å². The van der Waals surface area contributed by atoms with Gasteiger partial charge in [-0.2, -0.15) is 0 Å². The number of imidazole rings is 1. The second-order valence-electron chi connectivity index (χ2n) is 7.87. The summed E-state index contributed by atoms with van der Waals surface area (Å²) in [7, 11) is 4.05. The fourth-order valence-corrected chi connectivity index (χ4v) is 3.87. The lowest BCUT2D eigenvalue weighted by atomic mass is 10.2. The standard InChI is InChI=1S/C27H28N4/c1-6-10-22(13-15-29(4)5)19-31-24-12-9-8-11-23(24)18-25(31)27-20(3)30-16-14-21(7-2)17-26(30)28-27/h6-18H,1-2,19H2,3-5H3/b15-13-,22-10+. The molecule has 0 aliphatic rings. The number of para-hydroxylation sites is 1. The molecule has 4 nitrogen and oxygen atoms in total. The SMILES string of the molecule is C=C/C=C(\C=C/N(C)C)Cn1c(-c2nc3cc(C=C)ccn3c2C)cc2ccccc21. The van der Waals surface area contributed by atoms with Crippen LogP contribution in [0.2, 0.25) is 0 Å². The summed E-state index contributed by atoms with van der Waals surface area (Å²) in [5.74, 6) is 0. The molecule has 0 bridgehead atoms. The molecule has 31 heavy (non-hydrogen) atoms. The van der Waals surface area contributed by atoms with Crippen LogP contribution in [-0.2, 0) is 6.54 Å². The molecule has 0 spiro atoms. The van der Waals surface area contributed by atoms with E-state index in [1.165, 1.54) is 16.5 Å². The van der Waals surface area contributed by atoms with Crippen molar-refractivity contribution in [3.8, 4) is 11.4 Å². The van der Waals surface area contributed by atoms with Gasteiger partial charge in [0.05, 0.1) is 5.69 Å². The zero-order valence-corrected chi connectivity index (χ0v) is 18.4. The third-order valence-corrected chi connectivity index (χ3v) is 5.44. The van der Waals surface area contributed by atoms with Gasteiger partial charge in [0, 0.05) is 43.4 Å². The van der Waals surface area contributed by atoms with E-state index in [0.29, 0.717) is 0 Å². The molecule has 156 valence electrons. The minimum Gasteiger partial charge on any atom is -0.383 e. The lowest BCUT2D eigenvalue weighted by Gasteiger charge is -2.12. The van der Waals surface area contributed by atoms with Crippen molar-refractivity contribution >= 4 is 22.6 Å². The van der Waals surface area contributed by atoms with Gasteiger partial charge in [0.2, 0.25) is 0 Å². The van der Waals surface area contributed by atoms with E-state index in [2.05, 4.69) is 96.1 Å². The molecule has 3 aromatic heterocycles. The van der Waals surface area contributed by atoms with Crippen LogP contribution in [0.4, 0.5) is 0 Å². The topological polar surface area (TPSA) is 25.5 Å². The second-order valence-corrected chi connectivity index (χ2v) is 7.87. The zero-order chi connectivity index (χ0) is 22.0. The molecule has 0 unspecified atom stereocenters. The lowest BCUT2D eigenvalue weighted by molar-refractivity contribution is 0.563. The molecule has 0 atom stereocenters. The number of aryl methyl sites for hydroxylation is 1. The van der Waals surface area contributed by atoms with E-state index < -0.39 is 0 Å². The van der Waals surface area contributed by atoms with E-state index in [1.807, 2.05) is 31.1 Å². The van der Waals surface area contributed by atoms with Gasteiger partial charge in [-0.15, -0.1) is 0 Å². The van der Waals surface area contributed by atoms with Crippen LogP contribution in [0.1, 0.15) is 11.3 Å². The van der Waals surface area contributed by atoms with E-state index in [0.717, 1.165) is 34.8 Å². The van der Waals surface area contributed by atoms with Gasteiger partial charge in [-0.05, 0) is 54.6 Å². The molecule has 0 saturated carbocycles. The number of aromatic nitrogens is 3. The van der Waals surface area contributed by atoms with Gasteiger partial charge in [-0.1, -0.05) is 49.6 Å². The number of benzene rings is 1. The first kappa shape index (κ1) is 20.5. The Balaban J connectivity index is 1.90. The van der Waals surface area contributed by atoms with Crippen LogP contribution in [0.3, 0.4) is 0 Å². The number of fused-ring (bicyclic) bond motifs is 2. The van der Waals surface area contributed by atoms with Gasteiger partial charge < -0.3 is 13.9 Å². The second kappa shape index (κ2) is 8.52. The van der Waals surface area contributed by atoms with Gasteiger partial charge in [0.1, 0.15) is 11.3 Å². The van der Waals surface area contributed by atoms with Crippen LogP contribution in [-0.4, -0.2) is 32.9 Å². The summed E-state index contributed by atoms with van der Waals surface area (Å²) in [5, 5.41) is 1.20. The summed E-state index contributed by atoms with van der Waals surface area (Å²) >= 11 is 0. The van der Waals surface area contributed by atoms with E-state index >= 15 is 0 Å². The summed E-state index contributed by atoms with van der Waals surface area (Å²) in [5.41, 5.74) is 7.57. The number of nitrogens with zero attached hydrogens (tertiary/aromatic N) is 4. The number of rotatable bonds is 7. The van der Waals surface area contributed by atoms with Crippen LogP contribution >= 0.6 is 0 Å². The Morgan fingerprint density at radius 1 is 1.13 bits per heavy atom. The first-order chi connectivity index (χ1) is 15.0. The van der Waals surface area contributed by atoms with Gasteiger partial charge >= 0.3 is 0 Å². The minimum atomic E-state index is 0.727. The Bertz CT molecular complexity index is 1330. The number of hydrogen-bond donors (Lipinski definition) is 0. The largest absolute Gasteiger partial charge is 0.383 e. The van der Waals surface area contributed by atoms with Crippen LogP contribution in [0, 0.1) is 6.92 Å². The number of pyridine rings is 1. The van der Waals surface area contributed by atoms with Crippen molar-refractivity contribution < 1.29 is 0 Å². The molecular formula is C27H28N4. The van der Waals surface area contributed by atoms with Gasteiger partial charge in [0.15, 0.2) is 0 Å². The predicted molar refractivity (Wildman–Crippen MR) is 132 cm³/mol. The van der Waals surface area contributed by atoms with Crippen molar-refractivity contribution in [1.29, 1.82) is 0 Å². The molecule has 4 aromatic rings. The van der Waals surface area contributed by atoms with Crippen LogP contribution in [0.5, 0.6) is 0 Å². The van der Waals surface area contributed by atoms with Crippen molar-refractivity contribution in [1.82, 2.24) is 18.9 Å². The molecular weight excluding hydrogens is 380 g/mol. The van der Waals surface area contributed by atoms with E-state index in [9.17, 15) is 0 Å². The Morgan fingerprint density at radius 2 is 1.94 bits per heavy atom. The molecule has 4 rings (SSSR count). The molecule has 0 saturated heterocycles. The van der Waals surface area contributed by atoms with E-state index in [1.54, 1.807) is 0 Å². The number of hydrogen-bond acceptors (Lipinski definition) is 2. The van der Waals surface area contributed by atoms with Crippen molar-refractivity contribution in [3.63, 3.8) is 0 Å². The normalized spacial score (nSPS) is 12.2. The first-order valence-electron chi connectivity index (χ1n) is 10.4. The highest BCUT2D eigenvalue weighted by atomic mass is 15.1. The highest BCUT2D eigenvalue weighted by Gasteiger charge is 2.17. The van der Waals surface area contributed by atoms with E-state index in [-0.39, 0.29) is 0 Å². The summed E-state index contributed by atoms with van der Waals surface area (Å²) in [6, 6.07) is 14.9. The Hall–Kier alpha value is -3.79. The fraction of sp³-hybridized carbons (Fsp3) is 0.148. The highest BCUT2D eigenvalue weighted by molar-refractivity contribution is 5.87. The van der Waals surface area contributed by atoms with E-state index in [4.69, 9.17) is 4.98 Å². The third kappa shape index (κ3) is 3.97. The highest BCUT2D eigenvalue weighted by Crippen LogP contribution is 2.31. The number of allylic oxidation sites excluding steroid dienone is 4. The molecule has 3 heterocycles. The smallest absolute Gasteiger partial charge is 0.138 e. The Kier molecular flexibility index (Phi) is 5.63. The van der Waals surface area contributed by atoms with Gasteiger partial charge in [0.25, 0.3) is 0 Å². The van der Waals surface area contributed by atoms with Crippen molar-refractivity contribution in [2.75, 3.05) is 14.1 Å². The molecule has 0 N–H and O–H groups in total. The maximum Gasteiger partial charge on any atom is 0.138 e. The summed E-state index contributed by atoms with van der Waals surface area (Å²) < 4.78 is 4.48. The molecule has 1 aromatic carbocycles. The van der Waals surface area contributed by atoms with Crippen molar-refractivity contribution in [2.45, 2.75) is 13.5 Å². The average molecular weight is 409 g/mol. The summed E-state index contributed by atoms with van der Waals surface area (Å²) in [6.07, 6.45) is 12.0. The molecule has 0 aliphatic heterocycles. The van der Waals surface area contributed by atoms with Crippen molar-refractivity contribution in [3.05, 3.63) is 103 Å². The molecule has 0 radical (unpaired) electrons. The molecule has 0 fully saturated rings. The maximum atomic E-state index is 5.00. The third-order valence-electron chi connectivity index (χ3n) is 5.44. The maximum absolute atomic E-state index is 5.00. The average Bonchev–Trinajstić information content (AvgIpc) is 3.29. The predicted octanol–water partition coefficient (Wildman–Crippen LogP) is 6.10. The molecule has 0 amide bonds. The van der Waals surface area contributed by atoms with Gasteiger partial charge in [-0.25, -0.2) is 4.98 Å². The first-order valence-corrected chi connectivity index (χ1v) is 10.4. The van der Waals surface area contributed by atoms with Gasteiger partial charge in [-0.3, -0.25) is 0 Å². The summed E-state index contributed by atoms with van der Waals surface area (Å²) in [4.78, 5) is 7.04. The monoisotopic (exact) mass is 408 g/mol. The minimum absolute atomic E-state index is 0.727. The quantitative estimate of drug-likeness (QED) is 0.346.